The van der Waals surface area contributed by atoms with Crippen LogP contribution in [0, 0.1) is 0 Å². The number of hydrogen-bond donors (Lipinski definition) is 1. The van der Waals surface area contributed by atoms with Crippen molar-refractivity contribution in [3.8, 4) is 0 Å². The molecule has 1 unspecified atom stereocenters. The monoisotopic (exact) mass is 205 g/mol. The van der Waals surface area contributed by atoms with Crippen LogP contribution in [-0.2, 0) is 11.3 Å². The second-order valence-electron chi connectivity index (χ2n) is 3.69. The van der Waals surface area contributed by atoms with Crippen molar-refractivity contribution in [1.29, 1.82) is 0 Å². The minimum absolute atomic E-state index is 0.181. The van der Waals surface area contributed by atoms with Crippen LogP contribution in [0.5, 0.6) is 0 Å². The standard InChI is InChI=1S/C11H15N3O/c1-8(15-2)6-14-7-13-10-5-9(12)3-4-11(10)14/h3-5,7-8H,6,12H2,1-2H3. The summed E-state index contributed by atoms with van der Waals surface area (Å²) in [6.07, 6.45) is 2.00. The van der Waals surface area contributed by atoms with Gasteiger partial charge in [-0.15, -0.1) is 0 Å². The second-order valence-corrected chi connectivity index (χ2v) is 3.69. The van der Waals surface area contributed by atoms with E-state index in [9.17, 15) is 0 Å². The molecule has 0 aliphatic rings. The van der Waals surface area contributed by atoms with E-state index >= 15 is 0 Å². The van der Waals surface area contributed by atoms with Crippen molar-refractivity contribution in [2.75, 3.05) is 12.8 Å². The normalized spacial score (nSPS) is 13.2. The van der Waals surface area contributed by atoms with Gasteiger partial charge in [-0.1, -0.05) is 0 Å². The van der Waals surface area contributed by atoms with Crippen molar-refractivity contribution in [2.24, 2.45) is 0 Å². The Morgan fingerprint density at radius 3 is 3.07 bits per heavy atom. The fraction of sp³-hybridized carbons (Fsp3) is 0.364. The summed E-state index contributed by atoms with van der Waals surface area (Å²) in [5.41, 5.74) is 8.45. The van der Waals surface area contributed by atoms with Gasteiger partial charge in [-0.25, -0.2) is 4.98 Å². The van der Waals surface area contributed by atoms with Gasteiger partial charge in [0.1, 0.15) is 0 Å². The van der Waals surface area contributed by atoms with Crippen LogP contribution in [-0.4, -0.2) is 22.8 Å². The summed E-state index contributed by atoms with van der Waals surface area (Å²) in [5, 5.41) is 0. The zero-order chi connectivity index (χ0) is 10.8. The average Bonchev–Trinajstić information content (AvgIpc) is 2.60. The Hall–Kier alpha value is -1.55. The van der Waals surface area contributed by atoms with Gasteiger partial charge < -0.3 is 15.0 Å². The van der Waals surface area contributed by atoms with E-state index in [4.69, 9.17) is 10.5 Å². The van der Waals surface area contributed by atoms with Crippen molar-refractivity contribution in [3.63, 3.8) is 0 Å². The van der Waals surface area contributed by atoms with Crippen LogP contribution in [0.1, 0.15) is 6.92 Å². The predicted molar refractivity (Wildman–Crippen MR) is 60.6 cm³/mol. The van der Waals surface area contributed by atoms with Crippen LogP contribution < -0.4 is 5.73 Å². The van der Waals surface area contributed by atoms with Gasteiger partial charge in [-0.05, 0) is 25.1 Å². The van der Waals surface area contributed by atoms with E-state index in [1.807, 2.05) is 31.5 Å². The molecule has 15 heavy (non-hydrogen) atoms. The van der Waals surface area contributed by atoms with E-state index in [2.05, 4.69) is 9.55 Å². The van der Waals surface area contributed by atoms with E-state index in [1.165, 1.54) is 0 Å². The molecule has 80 valence electrons. The summed E-state index contributed by atoms with van der Waals surface area (Å²) < 4.78 is 7.30. The summed E-state index contributed by atoms with van der Waals surface area (Å²) >= 11 is 0. The molecule has 2 rings (SSSR count). The molecule has 2 aromatic rings. The van der Waals surface area contributed by atoms with Gasteiger partial charge in [0.25, 0.3) is 0 Å². The highest BCUT2D eigenvalue weighted by Crippen LogP contribution is 2.16. The van der Waals surface area contributed by atoms with Crippen LogP contribution in [0.4, 0.5) is 5.69 Å². The number of fused-ring (bicyclic) bond motifs is 1. The molecule has 1 aromatic heterocycles. The number of nitrogen functional groups attached to an aromatic ring is 1. The number of methoxy groups -OCH3 is 1. The fourth-order valence-corrected chi connectivity index (χ4v) is 1.58. The highest BCUT2D eigenvalue weighted by molar-refractivity contribution is 5.78. The number of hydrogen-bond acceptors (Lipinski definition) is 3. The Labute approximate surface area is 88.7 Å². The number of anilines is 1. The second kappa shape index (κ2) is 3.90. The highest BCUT2D eigenvalue weighted by atomic mass is 16.5. The van der Waals surface area contributed by atoms with E-state index in [0.717, 1.165) is 23.3 Å². The molecule has 2 N–H and O–H groups in total. The summed E-state index contributed by atoms with van der Waals surface area (Å²) in [6.45, 7) is 2.83. The first-order valence-electron chi connectivity index (χ1n) is 4.94. The molecule has 1 atom stereocenters. The lowest BCUT2D eigenvalue weighted by Crippen LogP contribution is -2.13. The molecular formula is C11H15N3O. The quantitative estimate of drug-likeness (QED) is 0.775. The predicted octanol–water partition coefficient (Wildman–Crippen LogP) is 1.65. The lowest BCUT2D eigenvalue weighted by molar-refractivity contribution is 0.104. The first-order chi connectivity index (χ1) is 7.20. The van der Waals surface area contributed by atoms with Gasteiger partial charge in [-0.3, -0.25) is 0 Å². The maximum atomic E-state index is 5.69. The third-order valence-electron chi connectivity index (χ3n) is 2.50. The van der Waals surface area contributed by atoms with Crippen molar-refractivity contribution in [1.82, 2.24) is 9.55 Å². The first-order valence-corrected chi connectivity index (χ1v) is 4.94. The van der Waals surface area contributed by atoms with Crippen LogP contribution in [0.2, 0.25) is 0 Å². The van der Waals surface area contributed by atoms with Gasteiger partial charge in [-0.2, -0.15) is 0 Å². The molecule has 4 nitrogen and oxygen atoms in total. The molecule has 0 bridgehead atoms. The molecule has 0 aliphatic heterocycles. The Morgan fingerprint density at radius 2 is 2.33 bits per heavy atom. The van der Waals surface area contributed by atoms with Gasteiger partial charge in [0.05, 0.1) is 30.0 Å². The largest absolute Gasteiger partial charge is 0.399 e. The SMILES string of the molecule is COC(C)Cn1cnc2cc(N)ccc21. The van der Waals surface area contributed by atoms with Crippen LogP contribution in [0.25, 0.3) is 11.0 Å². The van der Waals surface area contributed by atoms with E-state index < -0.39 is 0 Å². The Bertz CT molecular complexity index is 464. The number of imidazole rings is 1. The molecule has 0 saturated heterocycles. The molecule has 0 spiro atoms. The van der Waals surface area contributed by atoms with Crippen LogP contribution >= 0.6 is 0 Å². The molecule has 1 aromatic carbocycles. The highest BCUT2D eigenvalue weighted by Gasteiger charge is 2.05. The molecule has 4 heteroatoms. The van der Waals surface area contributed by atoms with Crippen molar-refractivity contribution in [3.05, 3.63) is 24.5 Å². The number of nitrogens with two attached hydrogens (primary N) is 1. The fourth-order valence-electron chi connectivity index (χ4n) is 1.58. The zero-order valence-electron chi connectivity index (χ0n) is 8.97. The molecular weight excluding hydrogens is 190 g/mol. The van der Waals surface area contributed by atoms with Gasteiger partial charge in [0.2, 0.25) is 0 Å². The molecule has 0 radical (unpaired) electrons. The Balaban J connectivity index is 2.36. The molecule has 0 fully saturated rings. The Kier molecular flexibility index (Phi) is 2.60. The average molecular weight is 205 g/mol. The summed E-state index contributed by atoms with van der Waals surface area (Å²) in [6, 6.07) is 5.75. The number of nitrogens with zero attached hydrogens (tertiary/aromatic N) is 2. The van der Waals surface area contributed by atoms with Gasteiger partial charge in [0.15, 0.2) is 0 Å². The number of aromatic nitrogens is 2. The molecule has 0 aliphatic carbocycles. The van der Waals surface area contributed by atoms with Crippen molar-refractivity contribution < 1.29 is 4.74 Å². The maximum Gasteiger partial charge on any atom is 0.0959 e. The molecule has 0 saturated carbocycles. The number of rotatable bonds is 3. The summed E-state index contributed by atoms with van der Waals surface area (Å²) in [7, 11) is 1.71. The topological polar surface area (TPSA) is 53.1 Å². The van der Waals surface area contributed by atoms with Gasteiger partial charge >= 0.3 is 0 Å². The lowest BCUT2D eigenvalue weighted by atomic mass is 10.3. The number of benzene rings is 1. The van der Waals surface area contributed by atoms with Gasteiger partial charge in [0, 0.05) is 12.8 Å². The third-order valence-corrected chi connectivity index (χ3v) is 2.50. The summed E-state index contributed by atoms with van der Waals surface area (Å²) in [4.78, 5) is 4.29. The van der Waals surface area contributed by atoms with E-state index in [1.54, 1.807) is 7.11 Å². The molecule has 1 heterocycles. The minimum Gasteiger partial charge on any atom is -0.399 e. The Morgan fingerprint density at radius 1 is 1.53 bits per heavy atom. The third kappa shape index (κ3) is 1.94. The van der Waals surface area contributed by atoms with E-state index in [-0.39, 0.29) is 6.10 Å². The van der Waals surface area contributed by atoms with Crippen LogP contribution in [0.3, 0.4) is 0 Å². The van der Waals surface area contributed by atoms with Crippen molar-refractivity contribution in [2.45, 2.75) is 19.6 Å². The number of ether oxygens (including phenoxy) is 1. The molecule has 0 amide bonds. The zero-order valence-corrected chi connectivity index (χ0v) is 8.97. The van der Waals surface area contributed by atoms with Crippen molar-refractivity contribution >= 4 is 16.7 Å². The first kappa shape index (κ1) is 9.98. The van der Waals surface area contributed by atoms with Crippen LogP contribution in [0.15, 0.2) is 24.5 Å². The summed E-state index contributed by atoms with van der Waals surface area (Å²) in [5.74, 6) is 0. The maximum absolute atomic E-state index is 5.69. The minimum atomic E-state index is 0.181. The smallest absolute Gasteiger partial charge is 0.0959 e. The van der Waals surface area contributed by atoms with E-state index in [0.29, 0.717) is 0 Å². The lowest BCUT2D eigenvalue weighted by Gasteiger charge is -2.10.